The minimum atomic E-state index is -0.138. The number of urea groups is 1. The van der Waals surface area contributed by atoms with Crippen LogP contribution in [0.3, 0.4) is 0 Å². The van der Waals surface area contributed by atoms with E-state index in [1.165, 1.54) is 30.6 Å². The fourth-order valence-electron chi connectivity index (χ4n) is 3.21. The average molecular weight is 333 g/mol. The number of carbonyl (C=O) groups excluding carboxylic acids is 1. The van der Waals surface area contributed by atoms with Gasteiger partial charge in [-0.3, -0.25) is 0 Å². The lowest BCUT2D eigenvalue weighted by Crippen LogP contribution is -2.40. The monoisotopic (exact) mass is 333 g/mol. The van der Waals surface area contributed by atoms with E-state index >= 15 is 0 Å². The average Bonchev–Trinajstić information content (AvgIpc) is 3.33. The Balaban J connectivity index is 1.59. The highest BCUT2D eigenvalue weighted by atomic mass is 32.1. The van der Waals surface area contributed by atoms with Crippen molar-refractivity contribution in [3.05, 3.63) is 34.5 Å². The quantitative estimate of drug-likeness (QED) is 0.853. The van der Waals surface area contributed by atoms with Gasteiger partial charge in [-0.2, -0.15) is 0 Å². The highest BCUT2D eigenvalue weighted by molar-refractivity contribution is 7.10. The van der Waals surface area contributed by atoms with Crippen molar-refractivity contribution in [3.63, 3.8) is 0 Å². The molecule has 124 valence electrons. The zero-order valence-electron chi connectivity index (χ0n) is 13.4. The minimum absolute atomic E-state index is 0.113. The molecular formula is C16H23N5OS. The summed E-state index contributed by atoms with van der Waals surface area (Å²) in [6.45, 7) is 3.22. The Morgan fingerprint density at radius 3 is 3.00 bits per heavy atom. The number of amides is 2. The van der Waals surface area contributed by atoms with Gasteiger partial charge in [0.1, 0.15) is 6.33 Å². The van der Waals surface area contributed by atoms with Gasteiger partial charge in [0.15, 0.2) is 5.82 Å². The predicted octanol–water partition coefficient (Wildman–Crippen LogP) is 3.09. The highest BCUT2D eigenvalue weighted by Crippen LogP contribution is 2.37. The van der Waals surface area contributed by atoms with Crippen molar-refractivity contribution >= 4 is 17.4 Å². The SMILES string of the molecule is CCn1cnnc1CNC(=O)N[C@H](c1cccs1)C1CCCC1. The Labute approximate surface area is 140 Å². The Morgan fingerprint density at radius 1 is 1.48 bits per heavy atom. The number of rotatable bonds is 6. The standard InChI is InChI=1S/C16H23N5OS/c1-2-21-11-18-20-14(21)10-17-16(22)19-15(12-6-3-4-7-12)13-8-5-9-23-13/h5,8-9,11-12,15H,2-4,6-7,10H2,1H3,(H2,17,19,22)/t15-/m0/s1. The number of hydrogen-bond acceptors (Lipinski definition) is 4. The van der Waals surface area contributed by atoms with E-state index in [1.807, 2.05) is 17.6 Å². The molecule has 0 unspecified atom stereocenters. The van der Waals surface area contributed by atoms with Crippen LogP contribution < -0.4 is 10.6 Å². The van der Waals surface area contributed by atoms with Gasteiger partial charge in [0.25, 0.3) is 0 Å². The maximum absolute atomic E-state index is 12.3. The molecule has 1 fully saturated rings. The first-order valence-electron chi connectivity index (χ1n) is 8.22. The zero-order valence-corrected chi connectivity index (χ0v) is 14.2. The second-order valence-electron chi connectivity index (χ2n) is 5.90. The van der Waals surface area contributed by atoms with Crippen molar-refractivity contribution in [3.8, 4) is 0 Å². The van der Waals surface area contributed by atoms with E-state index in [9.17, 15) is 4.79 Å². The van der Waals surface area contributed by atoms with E-state index in [-0.39, 0.29) is 12.1 Å². The van der Waals surface area contributed by atoms with Gasteiger partial charge in [-0.05, 0) is 37.1 Å². The van der Waals surface area contributed by atoms with Crippen LogP contribution in [0, 0.1) is 5.92 Å². The molecule has 2 aromatic rings. The summed E-state index contributed by atoms with van der Waals surface area (Å²) >= 11 is 1.71. The fraction of sp³-hybridized carbons (Fsp3) is 0.562. The van der Waals surface area contributed by atoms with Gasteiger partial charge in [0, 0.05) is 11.4 Å². The molecule has 1 atom stereocenters. The molecule has 0 aromatic carbocycles. The van der Waals surface area contributed by atoms with E-state index < -0.39 is 0 Å². The zero-order chi connectivity index (χ0) is 16.1. The lowest BCUT2D eigenvalue weighted by atomic mass is 9.97. The van der Waals surface area contributed by atoms with Crippen LogP contribution in [0.5, 0.6) is 0 Å². The first-order valence-corrected chi connectivity index (χ1v) is 9.10. The van der Waals surface area contributed by atoms with Gasteiger partial charge in [-0.25, -0.2) is 4.79 Å². The Morgan fingerprint density at radius 2 is 2.30 bits per heavy atom. The van der Waals surface area contributed by atoms with Crippen LogP contribution in [0.25, 0.3) is 0 Å². The van der Waals surface area contributed by atoms with Crippen molar-refractivity contribution in [1.82, 2.24) is 25.4 Å². The summed E-state index contributed by atoms with van der Waals surface area (Å²) < 4.78 is 1.92. The summed E-state index contributed by atoms with van der Waals surface area (Å²) in [5, 5.41) is 16.1. The molecule has 1 aliphatic carbocycles. The molecule has 0 radical (unpaired) electrons. The van der Waals surface area contributed by atoms with Crippen LogP contribution >= 0.6 is 11.3 Å². The summed E-state index contributed by atoms with van der Waals surface area (Å²) in [5.74, 6) is 1.31. The molecule has 0 saturated heterocycles. The van der Waals surface area contributed by atoms with Crippen LogP contribution in [0.15, 0.2) is 23.8 Å². The molecule has 2 amide bonds. The third kappa shape index (κ3) is 3.90. The normalized spacial score (nSPS) is 16.4. The smallest absolute Gasteiger partial charge is 0.315 e. The molecule has 0 aliphatic heterocycles. The number of hydrogen-bond donors (Lipinski definition) is 2. The third-order valence-corrected chi connectivity index (χ3v) is 5.41. The van der Waals surface area contributed by atoms with Crippen LogP contribution in [-0.4, -0.2) is 20.8 Å². The molecule has 7 heteroatoms. The summed E-state index contributed by atoms with van der Waals surface area (Å²) in [7, 11) is 0. The molecule has 23 heavy (non-hydrogen) atoms. The number of aromatic nitrogens is 3. The number of nitrogens with zero attached hydrogens (tertiary/aromatic N) is 3. The Hall–Kier alpha value is -1.89. The summed E-state index contributed by atoms with van der Waals surface area (Å²) in [5.41, 5.74) is 0. The largest absolute Gasteiger partial charge is 0.331 e. The lowest BCUT2D eigenvalue weighted by Gasteiger charge is -2.24. The number of aryl methyl sites for hydroxylation is 1. The van der Waals surface area contributed by atoms with Gasteiger partial charge in [0.2, 0.25) is 0 Å². The number of thiophene rings is 1. The minimum Gasteiger partial charge on any atom is -0.331 e. The lowest BCUT2D eigenvalue weighted by molar-refractivity contribution is 0.230. The maximum atomic E-state index is 12.3. The molecule has 2 heterocycles. The van der Waals surface area contributed by atoms with Gasteiger partial charge in [0.05, 0.1) is 12.6 Å². The molecule has 1 aliphatic rings. The summed E-state index contributed by atoms with van der Waals surface area (Å²) in [4.78, 5) is 13.6. The number of nitrogens with one attached hydrogen (secondary N) is 2. The van der Waals surface area contributed by atoms with E-state index in [2.05, 4.69) is 32.3 Å². The van der Waals surface area contributed by atoms with E-state index in [4.69, 9.17) is 0 Å². The van der Waals surface area contributed by atoms with Crippen LogP contribution in [0.2, 0.25) is 0 Å². The topological polar surface area (TPSA) is 71.8 Å². The highest BCUT2D eigenvalue weighted by Gasteiger charge is 2.28. The Bertz CT molecular complexity index is 618. The molecular weight excluding hydrogens is 310 g/mol. The van der Waals surface area contributed by atoms with Crippen molar-refractivity contribution < 1.29 is 4.79 Å². The first-order chi connectivity index (χ1) is 11.3. The predicted molar refractivity (Wildman–Crippen MR) is 90.1 cm³/mol. The van der Waals surface area contributed by atoms with Crippen molar-refractivity contribution in [2.24, 2.45) is 5.92 Å². The van der Waals surface area contributed by atoms with Gasteiger partial charge >= 0.3 is 6.03 Å². The second-order valence-corrected chi connectivity index (χ2v) is 6.88. The van der Waals surface area contributed by atoms with Crippen LogP contribution in [0.4, 0.5) is 4.79 Å². The van der Waals surface area contributed by atoms with E-state index in [0.29, 0.717) is 12.5 Å². The molecule has 3 rings (SSSR count). The molecule has 2 aromatic heterocycles. The van der Waals surface area contributed by atoms with Crippen molar-refractivity contribution in [2.75, 3.05) is 0 Å². The van der Waals surface area contributed by atoms with Gasteiger partial charge in [-0.15, -0.1) is 21.5 Å². The second kappa shape index (κ2) is 7.59. The van der Waals surface area contributed by atoms with E-state index in [1.54, 1.807) is 17.7 Å². The van der Waals surface area contributed by atoms with Crippen molar-refractivity contribution in [1.29, 1.82) is 0 Å². The van der Waals surface area contributed by atoms with Crippen molar-refractivity contribution in [2.45, 2.75) is 51.7 Å². The molecule has 6 nitrogen and oxygen atoms in total. The van der Waals surface area contributed by atoms with Gasteiger partial charge in [-0.1, -0.05) is 18.9 Å². The van der Waals surface area contributed by atoms with Crippen LogP contribution in [-0.2, 0) is 13.1 Å². The summed E-state index contributed by atoms with van der Waals surface area (Å²) in [6, 6.07) is 4.13. The molecule has 0 bridgehead atoms. The third-order valence-electron chi connectivity index (χ3n) is 4.45. The van der Waals surface area contributed by atoms with Crippen LogP contribution in [0.1, 0.15) is 49.4 Å². The first kappa shape index (κ1) is 16.0. The molecule has 0 spiro atoms. The van der Waals surface area contributed by atoms with E-state index in [0.717, 1.165) is 12.4 Å². The fourth-order valence-corrected chi connectivity index (χ4v) is 4.08. The molecule has 1 saturated carbocycles. The Kier molecular flexibility index (Phi) is 5.27. The molecule has 2 N–H and O–H groups in total. The summed E-state index contributed by atoms with van der Waals surface area (Å²) in [6.07, 6.45) is 6.58. The van der Waals surface area contributed by atoms with Gasteiger partial charge < -0.3 is 15.2 Å². The maximum Gasteiger partial charge on any atom is 0.315 e. The number of carbonyl (C=O) groups is 1.